The van der Waals surface area contributed by atoms with Gasteiger partial charge in [-0.05, 0) is 28.8 Å². The van der Waals surface area contributed by atoms with Crippen LogP contribution in [0.2, 0.25) is 0 Å². The molecule has 0 aliphatic carbocycles. The molecule has 10 heteroatoms. The SMILES string of the molecule is CC1C(CSc2nncn2C)OC(c2ccc(CN3C(=O)c4ccccc4C3=O)cc2)OC1c1ccc(CO)cc1. The molecule has 1 fully saturated rings. The predicted octanol–water partition coefficient (Wildman–Crippen LogP) is 4.69. The van der Waals surface area contributed by atoms with Gasteiger partial charge in [0.25, 0.3) is 11.8 Å². The summed E-state index contributed by atoms with van der Waals surface area (Å²) >= 11 is 1.59. The van der Waals surface area contributed by atoms with E-state index in [9.17, 15) is 14.7 Å². The van der Waals surface area contributed by atoms with Gasteiger partial charge in [-0.3, -0.25) is 14.5 Å². The highest BCUT2D eigenvalue weighted by atomic mass is 32.2. The average Bonchev–Trinajstić information content (AvgIpc) is 3.53. The second kappa shape index (κ2) is 11.6. The van der Waals surface area contributed by atoms with Gasteiger partial charge in [0.15, 0.2) is 11.4 Å². The maximum atomic E-state index is 12.8. The quantitative estimate of drug-likeness (QED) is 0.240. The number of imide groups is 1. The van der Waals surface area contributed by atoms with E-state index >= 15 is 0 Å². The molecule has 4 unspecified atom stereocenters. The Labute approximate surface area is 242 Å². The van der Waals surface area contributed by atoms with Gasteiger partial charge in [-0.2, -0.15) is 0 Å². The highest BCUT2D eigenvalue weighted by Gasteiger charge is 2.39. The summed E-state index contributed by atoms with van der Waals surface area (Å²) in [5, 5.41) is 18.5. The zero-order valence-corrected chi connectivity index (χ0v) is 23.5. The van der Waals surface area contributed by atoms with E-state index in [1.54, 1.807) is 42.4 Å². The van der Waals surface area contributed by atoms with Crippen molar-refractivity contribution in [2.24, 2.45) is 13.0 Å². The molecule has 0 radical (unpaired) electrons. The lowest BCUT2D eigenvalue weighted by Crippen LogP contribution is -2.38. The van der Waals surface area contributed by atoms with Gasteiger partial charge >= 0.3 is 0 Å². The Morgan fingerprint density at radius 2 is 1.51 bits per heavy atom. The topological polar surface area (TPSA) is 107 Å². The van der Waals surface area contributed by atoms with Crippen molar-refractivity contribution in [2.75, 3.05) is 5.75 Å². The molecule has 2 amide bonds. The third kappa shape index (κ3) is 5.43. The van der Waals surface area contributed by atoms with Crippen LogP contribution >= 0.6 is 11.8 Å². The van der Waals surface area contributed by atoms with Crippen molar-refractivity contribution in [2.45, 2.75) is 43.7 Å². The summed E-state index contributed by atoms with van der Waals surface area (Å²) in [5.74, 6) is 0.151. The van der Waals surface area contributed by atoms with Crippen molar-refractivity contribution in [1.29, 1.82) is 0 Å². The molecule has 2 aliphatic rings. The fourth-order valence-electron chi connectivity index (χ4n) is 5.22. The summed E-state index contributed by atoms with van der Waals surface area (Å²) in [5.41, 5.74) is 4.41. The lowest BCUT2D eigenvalue weighted by molar-refractivity contribution is -0.268. The Morgan fingerprint density at radius 1 is 0.878 bits per heavy atom. The number of aliphatic hydroxyl groups is 1. The molecule has 1 aromatic heterocycles. The minimum absolute atomic E-state index is 0.0167. The molecular weight excluding hydrogens is 540 g/mol. The molecule has 9 nitrogen and oxygen atoms in total. The Hall–Kier alpha value is -3.83. The third-order valence-electron chi connectivity index (χ3n) is 7.64. The van der Waals surface area contributed by atoms with Crippen LogP contribution in [0, 0.1) is 5.92 Å². The van der Waals surface area contributed by atoms with E-state index in [1.807, 2.05) is 60.1 Å². The van der Waals surface area contributed by atoms with Gasteiger partial charge in [-0.1, -0.05) is 79.3 Å². The van der Waals surface area contributed by atoms with Gasteiger partial charge in [0.1, 0.15) is 6.33 Å². The highest BCUT2D eigenvalue weighted by Crippen LogP contribution is 2.43. The first-order chi connectivity index (χ1) is 19.9. The normalized spacial score (nSPS) is 22.3. The number of thioether (sulfide) groups is 1. The van der Waals surface area contributed by atoms with Crippen molar-refractivity contribution in [3.05, 3.63) is 113 Å². The van der Waals surface area contributed by atoms with Gasteiger partial charge < -0.3 is 19.1 Å². The maximum Gasteiger partial charge on any atom is 0.261 e. The maximum absolute atomic E-state index is 12.8. The number of aromatic nitrogens is 3. The molecule has 0 spiro atoms. The molecule has 210 valence electrons. The van der Waals surface area contributed by atoms with Crippen LogP contribution in [0.1, 0.15) is 62.3 Å². The summed E-state index contributed by atoms with van der Waals surface area (Å²) in [6, 6.07) is 22.4. The predicted molar refractivity (Wildman–Crippen MR) is 152 cm³/mol. The van der Waals surface area contributed by atoms with Crippen LogP contribution in [-0.2, 0) is 29.7 Å². The highest BCUT2D eigenvalue weighted by molar-refractivity contribution is 7.99. The lowest BCUT2D eigenvalue weighted by atomic mass is 9.91. The fraction of sp³-hybridized carbons (Fsp3) is 0.290. The molecule has 2 aliphatic heterocycles. The number of carbonyl (C=O) groups excluding carboxylic acids is 2. The Kier molecular flexibility index (Phi) is 7.72. The molecule has 1 N–H and O–H groups in total. The molecule has 0 saturated carbocycles. The second-order valence-corrected chi connectivity index (χ2v) is 11.3. The van der Waals surface area contributed by atoms with E-state index in [-0.39, 0.29) is 43.1 Å². The van der Waals surface area contributed by atoms with Crippen molar-refractivity contribution < 1.29 is 24.2 Å². The summed E-state index contributed by atoms with van der Waals surface area (Å²) in [4.78, 5) is 26.9. The number of hydrogen-bond acceptors (Lipinski definition) is 8. The molecule has 6 rings (SSSR count). The number of benzene rings is 3. The number of fused-ring (bicyclic) bond motifs is 1. The van der Waals surface area contributed by atoms with Crippen LogP contribution in [0.15, 0.2) is 84.3 Å². The molecule has 3 aromatic carbocycles. The smallest absolute Gasteiger partial charge is 0.261 e. The minimum atomic E-state index is -0.618. The van der Waals surface area contributed by atoms with Gasteiger partial charge in [-0.25, -0.2) is 0 Å². The van der Waals surface area contributed by atoms with Crippen molar-refractivity contribution in [3.8, 4) is 0 Å². The van der Waals surface area contributed by atoms with Crippen LogP contribution in [0.4, 0.5) is 0 Å². The average molecular weight is 571 g/mol. The van der Waals surface area contributed by atoms with E-state index in [1.165, 1.54) is 4.90 Å². The van der Waals surface area contributed by atoms with Crippen LogP contribution < -0.4 is 0 Å². The van der Waals surface area contributed by atoms with E-state index in [2.05, 4.69) is 17.1 Å². The number of nitrogens with zero attached hydrogens (tertiary/aromatic N) is 4. The number of amides is 2. The summed E-state index contributed by atoms with van der Waals surface area (Å²) in [6.07, 6.45) is 0.682. The van der Waals surface area contributed by atoms with Crippen LogP contribution in [0.3, 0.4) is 0 Å². The monoisotopic (exact) mass is 570 g/mol. The minimum Gasteiger partial charge on any atom is -0.392 e. The van der Waals surface area contributed by atoms with E-state index < -0.39 is 6.29 Å². The van der Waals surface area contributed by atoms with Crippen LogP contribution in [0.25, 0.3) is 0 Å². The first kappa shape index (κ1) is 27.3. The Morgan fingerprint density at radius 3 is 2.12 bits per heavy atom. The zero-order chi connectivity index (χ0) is 28.5. The molecule has 4 atom stereocenters. The molecule has 0 bridgehead atoms. The Bertz CT molecular complexity index is 1520. The number of aryl methyl sites for hydroxylation is 1. The first-order valence-corrected chi connectivity index (χ1v) is 14.4. The molecule has 4 aromatic rings. The molecular formula is C31H30N4O5S. The Balaban J connectivity index is 1.21. The van der Waals surface area contributed by atoms with Crippen LogP contribution in [0.5, 0.6) is 0 Å². The van der Waals surface area contributed by atoms with E-state index in [0.717, 1.165) is 27.4 Å². The second-order valence-electron chi connectivity index (χ2n) is 10.3. The van der Waals surface area contributed by atoms with E-state index in [4.69, 9.17) is 9.47 Å². The standard InChI is InChI=1S/C31H30N4O5S/c1-19-26(17-41-31-33-32-18-34(31)2)39-30(40-27(19)22-11-9-21(16-36)10-12-22)23-13-7-20(8-14-23)15-35-28(37)24-5-3-4-6-25(24)29(35)38/h3-14,18-19,26-27,30,36H,15-17H2,1-2H3. The largest absolute Gasteiger partial charge is 0.392 e. The summed E-state index contributed by atoms with van der Waals surface area (Å²) < 4.78 is 14.9. The first-order valence-electron chi connectivity index (χ1n) is 13.4. The summed E-state index contributed by atoms with van der Waals surface area (Å²) in [7, 11) is 1.91. The van der Waals surface area contributed by atoms with Gasteiger partial charge in [0.05, 0.1) is 36.5 Å². The third-order valence-corrected chi connectivity index (χ3v) is 8.76. The van der Waals surface area contributed by atoms with Crippen LogP contribution in [-0.4, -0.2) is 48.4 Å². The van der Waals surface area contributed by atoms with E-state index in [0.29, 0.717) is 16.9 Å². The summed E-state index contributed by atoms with van der Waals surface area (Å²) in [6.45, 7) is 2.29. The van der Waals surface area contributed by atoms with Crippen molar-refractivity contribution in [1.82, 2.24) is 19.7 Å². The van der Waals surface area contributed by atoms with Gasteiger partial charge in [0.2, 0.25) is 0 Å². The lowest BCUT2D eigenvalue weighted by Gasteiger charge is -2.41. The number of aliphatic hydroxyl groups excluding tert-OH is 1. The van der Waals surface area contributed by atoms with Crippen molar-refractivity contribution in [3.63, 3.8) is 0 Å². The molecule has 1 saturated heterocycles. The van der Waals surface area contributed by atoms with Gasteiger partial charge in [0, 0.05) is 24.3 Å². The zero-order valence-electron chi connectivity index (χ0n) is 22.7. The number of carbonyl (C=O) groups is 2. The van der Waals surface area contributed by atoms with Crippen molar-refractivity contribution >= 4 is 23.6 Å². The molecule has 41 heavy (non-hydrogen) atoms. The van der Waals surface area contributed by atoms with Gasteiger partial charge in [-0.15, -0.1) is 10.2 Å². The number of hydrogen-bond donors (Lipinski definition) is 1. The fourth-order valence-corrected chi connectivity index (χ4v) is 6.27. The number of rotatable bonds is 8. The molecule has 3 heterocycles. The number of ether oxygens (including phenoxy) is 2.